The van der Waals surface area contributed by atoms with Gasteiger partial charge in [0.15, 0.2) is 0 Å². The van der Waals surface area contributed by atoms with Crippen LogP contribution < -0.4 is 11.1 Å². The van der Waals surface area contributed by atoms with Crippen LogP contribution >= 0.6 is 0 Å². The number of nitrogens with one attached hydrogen (secondary N) is 1. The summed E-state index contributed by atoms with van der Waals surface area (Å²) < 4.78 is 5.10. The van der Waals surface area contributed by atoms with Crippen LogP contribution in [0, 0.1) is 0 Å². The van der Waals surface area contributed by atoms with Gasteiger partial charge in [-0.15, -0.1) is 10.2 Å². The van der Waals surface area contributed by atoms with Gasteiger partial charge in [0, 0.05) is 22.5 Å². The molecule has 3 N–H and O–H groups in total. The van der Waals surface area contributed by atoms with Crippen LogP contribution in [0.1, 0.15) is 10.4 Å². The van der Waals surface area contributed by atoms with Crippen LogP contribution in [-0.2, 0) is 0 Å². The van der Waals surface area contributed by atoms with Crippen molar-refractivity contribution in [1.82, 2.24) is 10.2 Å². The highest BCUT2D eigenvalue weighted by Gasteiger charge is 2.07. The minimum atomic E-state index is -0.194. The first-order valence-electron chi connectivity index (χ1n) is 6.26. The molecule has 0 atom stereocenters. The van der Waals surface area contributed by atoms with Crippen molar-refractivity contribution in [3.05, 3.63) is 60.5 Å². The van der Waals surface area contributed by atoms with E-state index in [4.69, 9.17) is 10.2 Å². The second kappa shape index (κ2) is 5.46. The zero-order valence-electron chi connectivity index (χ0n) is 11.0. The molecular formula is C15H12N4O2. The summed E-state index contributed by atoms with van der Waals surface area (Å²) in [5, 5.41) is 10.2. The number of benzene rings is 2. The molecule has 21 heavy (non-hydrogen) atoms. The lowest BCUT2D eigenvalue weighted by Gasteiger charge is -2.06. The summed E-state index contributed by atoms with van der Waals surface area (Å²) in [6.07, 6.45) is 1.27. The summed E-state index contributed by atoms with van der Waals surface area (Å²) in [7, 11) is 0. The number of amides is 1. The molecule has 6 heteroatoms. The van der Waals surface area contributed by atoms with Crippen molar-refractivity contribution in [3.8, 4) is 11.5 Å². The first-order chi connectivity index (χ1) is 10.2. The van der Waals surface area contributed by atoms with Gasteiger partial charge in [-0.25, -0.2) is 0 Å². The molecule has 3 aromatic rings. The number of anilines is 2. The molecule has 2 aromatic carbocycles. The first kappa shape index (κ1) is 12.9. The van der Waals surface area contributed by atoms with Gasteiger partial charge in [-0.2, -0.15) is 0 Å². The highest BCUT2D eigenvalue weighted by Crippen LogP contribution is 2.19. The molecule has 1 heterocycles. The first-order valence-corrected chi connectivity index (χ1v) is 6.26. The van der Waals surface area contributed by atoms with Gasteiger partial charge in [-0.05, 0) is 48.5 Å². The van der Waals surface area contributed by atoms with Crippen molar-refractivity contribution in [3.63, 3.8) is 0 Å². The van der Waals surface area contributed by atoms with Gasteiger partial charge in [0.25, 0.3) is 5.91 Å². The van der Waals surface area contributed by atoms with Crippen LogP contribution in [0.15, 0.2) is 59.3 Å². The van der Waals surface area contributed by atoms with Gasteiger partial charge in [-0.1, -0.05) is 0 Å². The van der Waals surface area contributed by atoms with E-state index in [0.29, 0.717) is 22.8 Å². The molecule has 0 saturated carbocycles. The summed E-state index contributed by atoms with van der Waals surface area (Å²) in [4.78, 5) is 12.0. The molecule has 0 unspecified atom stereocenters. The Labute approximate surface area is 120 Å². The van der Waals surface area contributed by atoms with Gasteiger partial charge < -0.3 is 15.5 Å². The van der Waals surface area contributed by atoms with E-state index in [9.17, 15) is 4.79 Å². The van der Waals surface area contributed by atoms with Crippen LogP contribution in [-0.4, -0.2) is 16.1 Å². The third-order valence-electron chi connectivity index (χ3n) is 2.92. The molecule has 0 saturated heterocycles. The normalized spacial score (nSPS) is 10.3. The number of nitrogens with two attached hydrogens (primary N) is 1. The van der Waals surface area contributed by atoms with E-state index in [0.717, 1.165) is 5.56 Å². The number of hydrogen-bond donors (Lipinski definition) is 2. The van der Waals surface area contributed by atoms with E-state index in [2.05, 4.69) is 15.5 Å². The lowest BCUT2D eigenvalue weighted by Crippen LogP contribution is -2.11. The zero-order valence-corrected chi connectivity index (χ0v) is 11.0. The van der Waals surface area contributed by atoms with Crippen molar-refractivity contribution < 1.29 is 9.21 Å². The summed E-state index contributed by atoms with van der Waals surface area (Å²) in [5.41, 5.74) is 8.23. The van der Waals surface area contributed by atoms with Gasteiger partial charge in [0.2, 0.25) is 12.3 Å². The van der Waals surface area contributed by atoms with Crippen LogP contribution in [0.25, 0.3) is 11.5 Å². The Morgan fingerprint density at radius 3 is 2.38 bits per heavy atom. The van der Waals surface area contributed by atoms with E-state index >= 15 is 0 Å². The Balaban J connectivity index is 1.73. The van der Waals surface area contributed by atoms with E-state index in [1.165, 1.54) is 6.39 Å². The van der Waals surface area contributed by atoms with Crippen molar-refractivity contribution in [2.45, 2.75) is 0 Å². The Hall–Kier alpha value is -3.15. The maximum absolute atomic E-state index is 12.0. The topological polar surface area (TPSA) is 94.0 Å². The Bertz CT molecular complexity index is 734. The van der Waals surface area contributed by atoms with E-state index in [1.54, 1.807) is 48.5 Å². The number of carbonyl (C=O) groups excluding carboxylic acids is 1. The zero-order chi connectivity index (χ0) is 14.7. The second-order valence-corrected chi connectivity index (χ2v) is 4.40. The average molecular weight is 280 g/mol. The van der Waals surface area contributed by atoms with Crippen molar-refractivity contribution >= 4 is 17.3 Å². The van der Waals surface area contributed by atoms with Crippen LogP contribution in [0.2, 0.25) is 0 Å². The SMILES string of the molecule is Nc1ccc(C(=O)Nc2ccc(-c3nnco3)cc2)cc1. The smallest absolute Gasteiger partial charge is 0.255 e. The van der Waals surface area contributed by atoms with E-state index in [-0.39, 0.29) is 5.91 Å². The molecule has 1 amide bonds. The maximum Gasteiger partial charge on any atom is 0.255 e. The molecule has 3 rings (SSSR count). The van der Waals surface area contributed by atoms with Crippen LogP contribution in [0.3, 0.4) is 0 Å². The number of nitrogens with zero attached hydrogens (tertiary/aromatic N) is 2. The highest BCUT2D eigenvalue weighted by molar-refractivity contribution is 6.04. The molecular weight excluding hydrogens is 268 g/mol. The molecule has 0 aliphatic carbocycles. The Morgan fingerprint density at radius 2 is 1.76 bits per heavy atom. The molecule has 104 valence electrons. The number of nitrogen functional groups attached to an aromatic ring is 1. The molecule has 0 spiro atoms. The van der Waals surface area contributed by atoms with Crippen molar-refractivity contribution in [2.75, 3.05) is 11.1 Å². The summed E-state index contributed by atoms with van der Waals surface area (Å²) in [5.74, 6) is 0.243. The third-order valence-corrected chi connectivity index (χ3v) is 2.92. The Kier molecular flexibility index (Phi) is 3.34. The lowest BCUT2D eigenvalue weighted by molar-refractivity contribution is 0.102. The van der Waals surface area contributed by atoms with Crippen molar-refractivity contribution in [2.24, 2.45) is 0 Å². The third kappa shape index (κ3) is 2.89. The fraction of sp³-hybridized carbons (Fsp3) is 0. The molecule has 0 aliphatic rings. The molecule has 1 aromatic heterocycles. The summed E-state index contributed by atoms with van der Waals surface area (Å²) in [6, 6.07) is 13.9. The predicted octanol–water partition coefficient (Wildman–Crippen LogP) is 2.57. The maximum atomic E-state index is 12.0. The molecule has 0 fully saturated rings. The molecule has 0 radical (unpaired) electrons. The average Bonchev–Trinajstić information content (AvgIpc) is 3.03. The summed E-state index contributed by atoms with van der Waals surface area (Å²) in [6.45, 7) is 0. The fourth-order valence-corrected chi connectivity index (χ4v) is 1.83. The van der Waals surface area contributed by atoms with Gasteiger partial charge in [0.05, 0.1) is 0 Å². The Morgan fingerprint density at radius 1 is 1.05 bits per heavy atom. The standard InChI is InChI=1S/C15H12N4O2/c16-12-5-1-10(2-6-12)14(20)18-13-7-3-11(4-8-13)15-19-17-9-21-15/h1-9H,16H2,(H,18,20). The minimum absolute atomic E-state index is 0.194. The molecule has 0 bridgehead atoms. The van der Waals surface area contributed by atoms with E-state index in [1.807, 2.05) is 0 Å². The number of hydrogen-bond acceptors (Lipinski definition) is 5. The van der Waals surface area contributed by atoms with Crippen LogP contribution in [0.4, 0.5) is 11.4 Å². The number of aromatic nitrogens is 2. The van der Waals surface area contributed by atoms with Gasteiger partial charge >= 0.3 is 0 Å². The monoisotopic (exact) mass is 280 g/mol. The minimum Gasteiger partial charge on any atom is -0.423 e. The number of carbonyl (C=O) groups is 1. The quantitative estimate of drug-likeness (QED) is 0.719. The summed E-state index contributed by atoms with van der Waals surface area (Å²) >= 11 is 0. The number of rotatable bonds is 3. The van der Waals surface area contributed by atoms with Crippen molar-refractivity contribution in [1.29, 1.82) is 0 Å². The largest absolute Gasteiger partial charge is 0.423 e. The predicted molar refractivity (Wildman–Crippen MR) is 78.5 cm³/mol. The second-order valence-electron chi connectivity index (χ2n) is 4.40. The van der Waals surface area contributed by atoms with E-state index < -0.39 is 0 Å². The lowest BCUT2D eigenvalue weighted by atomic mass is 10.1. The van der Waals surface area contributed by atoms with Gasteiger partial charge in [-0.3, -0.25) is 4.79 Å². The van der Waals surface area contributed by atoms with Gasteiger partial charge in [0.1, 0.15) is 0 Å². The fourth-order valence-electron chi connectivity index (χ4n) is 1.83. The molecule has 0 aliphatic heterocycles. The molecule has 6 nitrogen and oxygen atoms in total. The van der Waals surface area contributed by atoms with Crippen LogP contribution in [0.5, 0.6) is 0 Å². The highest BCUT2D eigenvalue weighted by atomic mass is 16.4.